The lowest BCUT2D eigenvalue weighted by Gasteiger charge is -2.14. The van der Waals surface area contributed by atoms with Gasteiger partial charge >= 0.3 is 5.97 Å². The van der Waals surface area contributed by atoms with Gasteiger partial charge in [-0.2, -0.15) is 0 Å². The summed E-state index contributed by atoms with van der Waals surface area (Å²) in [5, 5.41) is 3.20. The number of methoxy groups -OCH3 is 1. The summed E-state index contributed by atoms with van der Waals surface area (Å²) in [6.45, 7) is 4.64. The SMILES string of the molecule is COC(=O)CCOc1c(F)cccc1CNC(C)C. The Bertz CT molecular complexity index is 421. The van der Waals surface area contributed by atoms with Gasteiger partial charge in [0.2, 0.25) is 0 Å². The molecule has 4 nitrogen and oxygen atoms in total. The second-order valence-corrected chi connectivity index (χ2v) is 4.44. The Morgan fingerprint density at radius 3 is 2.79 bits per heavy atom. The third kappa shape index (κ3) is 5.26. The van der Waals surface area contributed by atoms with Gasteiger partial charge in [-0.3, -0.25) is 4.79 Å². The van der Waals surface area contributed by atoms with Crippen LogP contribution in [-0.2, 0) is 16.1 Å². The molecular formula is C14H20FNO3. The summed E-state index contributed by atoms with van der Waals surface area (Å²) in [5.74, 6) is -0.606. The van der Waals surface area contributed by atoms with Gasteiger partial charge in [-0.05, 0) is 6.07 Å². The van der Waals surface area contributed by atoms with E-state index in [0.717, 1.165) is 5.56 Å². The number of ether oxygens (including phenoxy) is 2. The number of rotatable bonds is 7. The second kappa shape index (κ2) is 7.74. The van der Waals surface area contributed by atoms with Crippen LogP contribution in [0.15, 0.2) is 18.2 Å². The predicted molar refractivity (Wildman–Crippen MR) is 70.5 cm³/mol. The number of halogens is 1. The fourth-order valence-electron chi connectivity index (χ4n) is 1.51. The zero-order valence-electron chi connectivity index (χ0n) is 11.5. The molecule has 0 aliphatic rings. The number of benzene rings is 1. The van der Waals surface area contributed by atoms with Crippen molar-refractivity contribution in [1.82, 2.24) is 5.32 Å². The zero-order valence-corrected chi connectivity index (χ0v) is 11.5. The van der Waals surface area contributed by atoms with E-state index in [9.17, 15) is 9.18 Å². The molecule has 0 saturated heterocycles. The summed E-state index contributed by atoms with van der Waals surface area (Å²) in [4.78, 5) is 11.0. The molecule has 0 aliphatic carbocycles. The smallest absolute Gasteiger partial charge is 0.308 e. The molecule has 19 heavy (non-hydrogen) atoms. The lowest BCUT2D eigenvalue weighted by molar-refractivity contribution is -0.141. The molecule has 0 saturated carbocycles. The average Bonchev–Trinajstić information content (AvgIpc) is 2.38. The monoisotopic (exact) mass is 269 g/mol. The molecule has 1 rings (SSSR count). The van der Waals surface area contributed by atoms with Crippen molar-refractivity contribution in [3.63, 3.8) is 0 Å². The molecule has 0 bridgehead atoms. The fourth-order valence-corrected chi connectivity index (χ4v) is 1.51. The molecule has 5 heteroatoms. The lowest BCUT2D eigenvalue weighted by atomic mass is 10.2. The van der Waals surface area contributed by atoms with Crippen LogP contribution in [0.2, 0.25) is 0 Å². The number of hydrogen-bond donors (Lipinski definition) is 1. The van der Waals surface area contributed by atoms with Gasteiger partial charge in [-0.15, -0.1) is 0 Å². The van der Waals surface area contributed by atoms with Crippen molar-refractivity contribution >= 4 is 5.97 Å². The lowest BCUT2D eigenvalue weighted by Crippen LogP contribution is -2.22. The molecule has 0 amide bonds. The highest BCUT2D eigenvalue weighted by molar-refractivity contribution is 5.69. The molecule has 106 valence electrons. The molecule has 0 unspecified atom stereocenters. The first-order chi connectivity index (χ1) is 9.04. The molecule has 0 aliphatic heterocycles. The van der Waals surface area contributed by atoms with Crippen LogP contribution in [-0.4, -0.2) is 25.7 Å². The highest BCUT2D eigenvalue weighted by atomic mass is 19.1. The minimum atomic E-state index is -0.423. The molecule has 0 radical (unpaired) electrons. The topological polar surface area (TPSA) is 47.6 Å². The van der Waals surface area contributed by atoms with Crippen LogP contribution < -0.4 is 10.1 Å². The Morgan fingerprint density at radius 2 is 2.16 bits per heavy atom. The number of esters is 1. The fraction of sp³-hybridized carbons (Fsp3) is 0.500. The van der Waals surface area contributed by atoms with Gasteiger partial charge in [0.25, 0.3) is 0 Å². The molecule has 1 aromatic carbocycles. The predicted octanol–water partition coefficient (Wildman–Crippen LogP) is 2.27. The quantitative estimate of drug-likeness (QED) is 0.771. The van der Waals surface area contributed by atoms with Gasteiger partial charge in [0.15, 0.2) is 11.6 Å². The number of hydrogen-bond acceptors (Lipinski definition) is 4. The van der Waals surface area contributed by atoms with Crippen LogP contribution in [0.25, 0.3) is 0 Å². The van der Waals surface area contributed by atoms with Gasteiger partial charge in [0.05, 0.1) is 20.1 Å². The average molecular weight is 269 g/mol. The van der Waals surface area contributed by atoms with Crippen LogP contribution in [0.1, 0.15) is 25.8 Å². The number of carbonyl (C=O) groups is 1. The highest BCUT2D eigenvalue weighted by Crippen LogP contribution is 2.23. The van der Waals surface area contributed by atoms with E-state index in [2.05, 4.69) is 10.1 Å². The van der Waals surface area contributed by atoms with Crippen LogP contribution in [0, 0.1) is 5.82 Å². The normalized spacial score (nSPS) is 10.6. The Morgan fingerprint density at radius 1 is 1.42 bits per heavy atom. The first kappa shape index (κ1) is 15.4. The second-order valence-electron chi connectivity index (χ2n) is 4.44. The van der Waals surface area contributed by atoms with Gasteiger partial charge in [-0.1, -0.05) is 26.0 Å². The Labute approximate surface area is 112 Å². The minimum Gasteiger partial charge on any atom is -0.490 e. The number of para-hydroxylation sites is 1. The largest absolute Gasteiger partial charge is 0.490 e. The number of carbonyl (C=O) groups excluding carboxylic acids is 1. The Kier molecular flexibility index (Phi) is 6.29. The summed E-state index contributed by atoms with van der Waals surface area (Å²) >= 11 is 0. The van der Waals surface area contributed by atoms with Crippen molar-refractivity contribution in [1.29, 1.82) is 0 Å². The van der Waals surface area contributed by atoms with Crippen LogP contribution in [0.4, 0.5) is 4.39 Å². The summed E-state index contributed by atoms with van der Waals surface area (Å²) < 4.78 is 23.6. The van der Waals surface area contributed by atoms with Gasteiger partial charge in [0.1, 0.15) is 0 Å². The highest BCUT2D eigenvalue weighted by Gasteiger charge is 2.11. The van der Waals surface area contributed by atoms with E-state index in [4.69, 9.17) is 4.74 Å². The third-order valence-electron chi connectivity index (χ3n) is 2.53. The summed E-state index contributed by atoms with van der Waals surface area (Å²) in [6, 6.07) is 5.07. The van der Waals surface area contributed by atoms with E-state index in [1.165, 1.54) is 13.2 Å². The van der Waals surface area contributed by atoms with Crippen molar-refractivity contribution in [2.75, 3.05) is 13.7 Å². The Hall–Kier alpha value is -1.62. The third-order valence-corrected chi connectivity index (χ3v) is 2.53. The molecule has 0 heterocycles. The van der Waals surface area contributed by atoms with E-state index in [1.54, 1.807) is 12.1 Å². The van der Waals surface area contributed by atoms with E-state index in [0.29, 0.717) is 12.6 Å². The van der Waals surface area contributed by atoms with Crippen molar-refractivity contribution in [3.8, 4) is 5.75 Å². The zero-order chi connectivity index (χ0) is 14.3. The van der Waals surface area contributed by atoms with Gasteiger partial charge in [-0.25, -0.2) is 4.39 Å². The maximum Gasteiger partial charge on any atom is 0.308 e. The molecule has 0 fully saturated rings. The summed E-state index contributed by atoms with van der Waals surface area (Å²) in [5.41, 5.74) is 0.735. The van der Waals surface area contributed by atoms with E-state index in [-0.39, 0.29) is 24.7 Å². The molecule has 0 atom stereocenters. The van der Waals surface area contributed by atoms with Crippen molar-refractivity contribution in [2.45, 2.75) is 32.9 Å². The maximum absolute atomic E-state index is 13.7. The van der Waals surface area contributed by atoms with Crippen LogP contribution in [0.5, 0.6) is 5.75 Å². The van der Waals surface area contributed by atoms with Crippen molar-refractivity contribution in [3.05, 3.63) is 29.6 Å². The molecule has 0 aromatic heterocycles. The maximum atomic E-state index is 13.7. The van der Waals surface area contributed by atoms with Gasteiger partial charge in [0, 0.05) is 18.2 Å². The molecule has 0 spiro atoms. The molecule has 1 aromatic rings. The van der Waals surface area contributed by atoms with Crippen LogP contribution >= 0.6 is 0 Å². The molecule has 1 N–H and O–H groups in total. The minimum absolute atomic E-state index is 0.0991. The van der Waals surface area contributed by atoms with Gasteiger partial charge < -0.3 is 14.8 Å². The first-order valence-electron chi connectivity index (χ1n) is 6.25. The first-order valence-corrected chi connectivity index (χ1v) is 6.25. The Balaban J connectivity index is 2.66. The van der Waals surface area contributed by atoms with E-state index >= 15 is 0 Å². The van der Waals surface area contributed by atoms with E-state index < -0.39 is 5.82 Å². The van der Waals surface area contributed by atoms with Crippen LogP contribution in [0.3, 0.4) is 0 Å². The number of nitrogens with one attached hydrogen (secondary N) is 1. The van der Waals surface area contributed by atoms with E-state index in [1.807, 2.05) is 13.8 Å². The van der Waals surface area contributed by atoms with Crippen molar-refractivity contribution < 1.29 is 18.7 Å². The molecular weight excluding hydrogens is 249 g/mol. The summed E-state index contributed by atoms with van der Waals surface area (Å²) in [7, 11) is 1.31. The standard InChI is InChI=1S/C14H20FNO3/c1-10(2)16-9-11-5-4-6-12(15)14(11)19-8-7-13(17)18-3/h4-6,10,16H,7-9H2,1-3H3. The van der Waals surface area contributed by atoms with Crippen molar-refractivity contribution in [2.24, 2.45) is 0 Å². The summed E-state index contributed by atoms with van der Waals surface area (Å²) in [6.07, 6.45) is 0.0991.